The maximum atomic E-state index is 4.54. The van der Waals surface area contributed by atoms with Crippen LogP contribution in [0.4, 0.5) is 0 Å². The van der Waals surface area contributed by atoms with Crippen LogP contribution >= 0.6 is 45.5 Å². The van der Waals surface area contributed by atoms with E-state index in [0.717, 1.165) is 20.7 Å². The molecular formula is C9H9I2N3. The molecule has 3 nitrogen and oxygen atoms in total. The Morgan fingerprint density at radius 2 is 2.00 bits per heavy atom. The minimum Gasteiger partial charge on any atom is -0.251 e. The summed E-state index contributed by atoms with van der Waals surface area (Å²) in [5.41, 5.74) is 1.93. The summed E-state index contributed by atoms with van der Waals surface area (Å²) in [5.74, 6) is 1.51. The van der Waals surface area contributed by atoms with E-state index in [1.165, 1.54) is 0 Å². The summed E-state index contributed by atoms with van der Waals surface area (Å²) >= 11 is 4.47. The van der Waals surface area contributed by atoms with Gasteiger partial charge in [0, 0.05) is 5.92 Å². The first-order valence-corrected chi connectivity index (χ1v) is 6.35. The second-order valence-electron chi connectivity index (χ2n) is 3.38. The molecule has 0 atom stereocenters. The molecule has 74 valence electrons. The summed E-state index contributed by atoms with van der Waals surface area (Å²) in [5, 5.41) is 0. The van der Waals surface area contributed by atoms with Crippen molar-refractivity contribution >= 4 is 56.6 Å². The Balaban J connectivity index is 2.74. The van der Waals surface area contributed by atoms with Gasteiger partial charge in [-0.25, -0.2) is 9.97 Å². The van der Waals surface area contributed by atoms with E-state index >= 15 is 0 Å². The molecule has 0 aliphatic heterocycles. The van der Waals surface area contributed by atoms with Crippen LogP contribution < -0.4 is 0 Å². The highest BCUT2D eigenvalue weighted by Gasteiger charge is 2.12. The van der Waals surface area contributed by atoms with Crippen LogP contribution in [0, 0.1) is 3.70 Å². The number of pyridine rings is 1. The average Bonchev–Trinajstić information content (AvgIpc) is 2.44. The zero-order valence-corrected chi connectivity index (χ0v) is 12.1. The zero-order chi connectivity index (χ0) is 10.3. The summed E-state index contributed by atoms with van der Waals surface area (Å²) in [4.78, 5) is 9.00. The Bertz CT molecular complexity index is 476. The third-order valence-electron chi connectivity index (χ3n) is 1.96. The van der Waals surface area contributed by atoms with Crippen molar-refractivity contribution in [2.45, 2.75) is 19.8 Å². The molecule has 0 aromatic carbocycles. The number of nitrogens with zero attached hydrogens (tertiary/aromatic N) is 3. The molecular weight excluding hydrogens is 404 g/mol. The van der Waals surface area contributed by atoms with E-state index in [9.17, 15) is 0 Å². The zero-order valence-electron chi connectivity index (χ0n) is 7.83. The first-order chi connectivity index (χ1) is 6.59. The third kappa shape index (κ3) is 1.75. The fraction of sp³-hybridized carbons (Fsp3) is 0.333. The molecule has 0 radical (unpaired) electrons. The van der Waals surface area contributed by atoms with Gasteiger partial charge in [0.2, 0.25) is 0 Å². The van der Waals surface area contributed by atoms with Crippen LogP contribution in [0.2, 0.25) is 0 Å². The van der Waals surface area contributed by atoms with Crippen molar-refractivity contribution in [1.82, 2.24) is 12.7 Å². The lowest BCUT2D eigenvalue weighted by Gasteiger charge is -2.01. The fourth-order valence-corrected chi connectivity index (χ4v) is 2.71. The van der Waals surface area contributed by atoms with Gasteiger partial charge in [-0.15, -0.1) is 0 Å². The van der Waals surface area contributed by atoms with Gasteiger partial charge in [0.1, 0.15) is 15.0 Å². The molecule has 14 heavy (non-hydrogen) atoms. The van der Waals surface area contributed by atoms with E-state index in [-0.39, 0.29) is 0 Å². The molecule has 0 aliphatic rings. The lowest BCUT2D eigenvalue weighted by atomic mass is 10.2. The van der Waals surface area contributed by atoms with Crippen LogP contribution in [0.1, 0.15) is 25.6 Å². The van der Waals surface area contributed by atoms with E-state index in [4.69, 9.17) is 0 Å². The van der Waals surface area contributed by atoms with Crippen LogP contribution in [0.3, 0.4) is 0 Å². The van der Waals surface area contributed by atoms with Crippen molar-refractivity contribution in [3.8, 4) is 0 Å². The van der Waals surface area contributed by atoms with Crippen molar-refractivity contribution in [2.24, 2.45) is 0 Å². The van der Waals surface area contributed by atoms with Gasteiger partial charge >= 0.3 is 0 Å². The quantitative estimate of drug-likeness (QED) is 0.531. The van der Waals surface area contributed by atoms with Crippen LogP contribution in [0.5, 0.6) is 0 Å². The highest BCUT2D eigenvalue weighted by Crippen LogP contribution is 2.23. The van der Waals surface area contributed by atoms with Gasteiger partial charge in [0.15, 0.2) is 5.65 Å². The second kappa shape index (κ2) is 3.92. The predicted octanol–water partition coefficient (Wildman–Crippen LogP) is 3.36. The standard InChI is InChI=1S/C9H9I2N3/c1-5(2)8-12-6-3-4-7(10)13-9(6)14(8)11/h3-5H,1-2H3. The predicted molar refractivity (Wildman–Crippen MR) is 73.8 cm³/mol. The van der Waals surface area contributed by atoms with Crippen LogP contribution in [-0.4, -0.2) is 12.7 Å². The monoisotopic (exact) mass is 413 g/mol. The Kier molecular flexibility index (Phi) is 2.96. The molecule has 5 heteroatoms. The van der Waals surface area contributed by atoms with E-state index < -0.39 is 0 Å². The topological polar surface area (TPSA) is 30.7 Å². The number of rotatable bonds is 1. The molecule has 2 aromatic heterocycles. The van der Waals surface area contributed by atoms with Crippen LogP contribution in [0.15, 0.2) is 12.1 Å². The van der Waals surface area contributed by atoms with E-state index in [2.05, 4.69) is 69.3 Å². The average molecular weight is 413 g/mol. The second-order valence-corrected chi connectivity index (χ2v) is 5.45. The normalized spacial score (nSPS) is 11.5. The maximum absolute atomic E-state index is 4.54. The minimum atomic E-state index is 0.429. The van der Waals surface area contributed by atoms with Crippen molar-refractivity contribution in [3.63, 3.8) is 0 Å². The lowest BCUT2D eigenvalue weighted by Crippen LogP contribution is -1.95. The molecule has 0 saturated carbocycles. The van der Waals surface area contributed by atoms with Gasteiger partial charge in [0.05, 0.1) is 22.9 Å². The summed E-state index contributed by atoms with van der Waals surface area (Å²) in [6.07, 6.45) is 0. The molecule has 0 N–H and O–H groups in total. The number of imidazole rings is 1. The van der Waals surface area contributed by atoms with Crippen molar-refractivity contribution in [1.29, 1.82) is 0 Å². The van der Waals surface area contributed by atoms with E-state index in [1.807, 2.05) is 14.9 Å². The van der Waals surface area contributed by atoms with Gasteiger partial charge in [0.25, 0.3) is 0 Å². The molecule has 2 rings (SSSR count). The first kappa shape index (κ1) is 10.6. The van der Waals surface area contributed by atoms with Crippen molar-refractivity contribution in [3.05, 3.63) is 21.7 Å². The molecule has 0 saturated heterocycles. The van der Waals surface area contributed by atoms with Gasteiger partial charge in [-0.2, -0.15) is 0 Å². The van der Waals surface area contributed by atoms with Crippen molar-refractivity contribution in [2.75, 3.05) is 0 Å². The third-order valence-corrected chi connectivity index (χ3v) is 3.51. The molecule has 2 aromatic rings. The highest BCUT2D eigenvalue weighted by atomic mass is 127. The summed E-state index contributed by atoms with van der Waals surface area (Å²) in [6.45, 7) is 4.28. The van der Waals surface area contributed by atoms with Crippen LogP contribution in [0.25, 0.3) is 11.2 Å². The SMILES string of the molecule is CC(C)c1nc2ccc(I)nc2n1I. The molecule has 0 fully saturated rings. The summed E-state index contributed by atoms with van der Waals surface area (Å²) < 4.78 is 3.04. The highest BCUT2D eigenvalue weighted by molar-refractivity contribution is 14.1. The molecule has 2 heterocycles. The fourth-order valence-electron chi connectivity index (χ4n) is 1.28. The molecule has 0 spiro atoms. The number of hydrogen-bond acceptors (Lipinski definition) is 2. The van der Waals surface area contributed by atoms with Gasteiger partial charge in [-0.1, -0.05) is 13.8 Å². The number of hydrogen-bond donors (Lipinski definition) is 0. The molecule has 0 unspecified atom stereocenters. The van der Waals surface area contributed by atoms with Gasteiger partial charge in [-0.3, -0.25) is 2.78 Å². The maximum Gasteiger partial charge on any atom is 0.170 e. The van der Waals surface area contributed by atoms with Crippen LogP contribution in [-0.2, 0) is 0 Å². The Hall–Kier alpha value is 0.0800. The number of fused-ring (bicyclic) bond motifs is 1. The summed E-state index contributed by atoms with van der Waals surface area (Å²) in [6, 6.07) is 4.00. The van der Waals surface area contributed by atoms with Gasteiger partial charge in [-0.05, 0) is 34.7 Å². The Morgan fingerprint density at radius 1 is 1.29 bits per heavy atom. The molecule has 0 bridgehead atoms. The van der Waals surface area contributed by atoms with E-state index in [0.29, 0.717) is 5.92 Å². The number of halogens is 2. The molecule has 0 amide bonds. The minimum absolute atomic E-state index is 0.429. The first-order valence-electron chi connectivity index (χ1n) is 4.30. The van der Waals surface area contributed by atoms with Gasteiger partial charge < -0.3 is 0 Å². The smallest absolute Gasteiger partial charge is 0.170 e. The molecule has 0 aliphatic carbocycles. The Labute approximate surface area is 110 Å². The van der Waals surface area contributed by atoms with E-state index in [1.54, 1.807) is 0 Å². The largest absolute Gasteiger partial charge is 0.251 e. The Morgan fingerprint density at radius 3 is 2.64 bits per heavy atom. The summed E-state index contributed by atoms with van der Waals surface area (Å²) in [7, 11) is 0. The lowest BCUT2D eigenvalue weighted by molar-refractivity contribution is 0.792. The van der Waals surface area contributed by atoms with Crippen molar-refractivity contribution < 1.29 is 0 Å². The number of aromatic nitrogens is 3.